The first kappa shape index (κ1) is 9.85. The van der Waals surface area contributed by atoms with Gasteiger partial charge in [0.15, 0.2) is 5.17 Å². The fraction of sp³-hybridized carbons (Fsp3) is 0.500. The highest BCUT2D eigenvalue weighted by molar-refractivity contribution is 8.13. The molecular weight excluding hydrogens is 188 g/mol. The highest BCUT2D eigenvalue weighted by atomic mass is 32.2. The number of amidine groups is 1. The predicted molar refractivity (Wildman–Crippen MR) is 52.8 cm³/mol. The zero-order valence-corrected chi connectivity index (χ0v) is 8.16. The Bertz CT molecular complexity index is 293. The topological polar surface area (TPSA) is 95.1 Å². The van der Waals surface area contributed by atoms with Crippen LogP contribution in [0.2, 0.25) is 0 Å². The molecule has 7 heteroatoms. The number of hydrogen-bond acceptors (Lipinski definition) is 5. The fourth-order valence-corrected chi connectivity index (χ4v) is 1.41. The Kier molecular flexibility index (Phi) is 3.56. The summed E-state index contributed by atoms with van der Waals surface area (Å²) >= 11 is 1.34. The van der Waals surface area contributed by atoms with Crippen molar-refractivity contribution in [2.45, 2.75) is 19.2 Å². The molecule has 0 spiro atoms. The second-order valence-corrected chi connectivity index (χ2v) is 3.24. The van der Waals surface area contributed by atoms with E-state index in [4.69, 9.17) is 11.6 Å². The van der Waals surface area contributed by atoms with Gasteiger partial charge in [0, 0.05) is 6.54 Å². The van der Waals surface area contributed by atoms with Gasteiger partial charge in [0.2, 0.25) is 0 Å². The Balaban J connectivity index is 2.54. The van der Waals surface area contributed by atoms with Crippen molar-refractivity contribution >= 4 is 16.9 Å². The number of thioether (sulfide) groups is 1. The van der Waals surface area contributed by atoms with Crippen molar-refractivity contribution in [2.24, 2.45) is 16.7 Å². The minimum atomic E-state index is 0.352. The third kappa shape index (κ3) is 2.62. The molecule has 1 aromatic heterocycles. The van der Waals surface area contributed by atoms with Crippen molar-refractivity contribution in [3.05, 3.63) is 12.2 Å². The molecule has 1 rings (SSSR count). The van der Waals surface area contributed by atoms with E-state index in [1.54, 1.807) is 4.68 Å². The Morgan fingerprint density at radius 3 is 3.15 bits per heavy atom. The number of nitrogens with zero attached hydrogens (tertiary/aromatic N) is 4. The Morgan fingerprint density at radius 1 is 1.77 bits per heavy atom. The summed E-state index contributed by atoms with van der Waals surface area (Å²) in [7, 11) is 0. The summed E-state index contributed by atoms with van der Waals surface area (Å²) in [5, 5.41) is 7.71. The second kappa shape index (κ2) is 4.70. The van der Waals surface area contributed by atoms with Gasteiger partial charge in [0.05, 0.1) is 5.75 Å². The maximum absolute atomic E-state index is 5.41. The van der Waals surface area contributed by atoms with Crippen LogP contribution in [-0.2, 0) is 12.3 Å². The van der Waals surface area contributed by atoms with Crippen LogP contribution in [-0.4, -0.2) is 19.9 Å². The van der Waals surface area contributed by atoms with Crippen molar-refractivity contribution < 1.29 is 0 Å². The third-order valence-electron chi connectivity index (χ3n) is 1.47. The molecule has 0 aromatic carbocycles. The minimum absolute atomic E-state index is 0.352. The van der Waals surface area contributed by atoms with Gasteiger partial charge in [-0.1, -0.05) is 11.8 Å². The van der Waals surface area contributed by atoms with E-state index < -0.39 is 0 Å². The Morgan fingerprint density at radius 2 is 2.54 bits per heavy atom. The molecule has 0 aliphatic rings. The lowest BCUT2D eigenvalue weighted by Crippen LogP contribution is -2.11. The van der Waals surface area contributed by atoms with Crippen LogP contribution < -0.4 is 11.6 Å². The Labute approximate surface area is 80.4 Å². The molecule has 0 atom stereocenters. The quantitative estimate of drug-likeness (QED) is 0.303. The number of nitrogens with two attached hydrogens (primary N) is 2. The lowest BCUT2D eigenvalue weighted by Gasteiger charge is -2.01. The van der Waals surface area contributed by atoms with Crippen LogP contribution in [0.1, 0.15) is 12.7 Å². The number of aromatic nitrogens is 3. The van der Waals surface area contributed by atoms with Crippen molar-refractivity contribution in [2.75, 3.05) is 0 Å². The summed E-state index contributed by atoms with van der Waals surface area (Å²) in [4.78, 5) is 4.07. The van der Waals surface area contributed by atoms with Gasteiger partial charge in [-0.15, -0.1) is 0 Å². The monoisotopic (exact) mass is 200 g/mol. The van der Waals surface area contributed by atoms with Crippen LogP contribution >= 0.6 is 11.8 Å². The first-order valence-corrected chi connectivity index (χ1v) is 4.79. The van der Waals surface area contributed by atoms with Crippen LogP contribution in [0.4, 0.5) is 0 Å². The molecular formula is C6H12N6S. The number of aryl methyl sites for hydroxylation is 1. The largest absolute Gasteiger partial charge is 0.377 e. The zero-order chi connectivity index (χ0) is 9.68. The molecule has 0 unspecified atom stereocenters. The maximum atomic E-state index is 5.41. The standard InChI is InChI=1S/C6H12N6S/c1-2-12-5(9-4-10-12)3-13-6(7)11-8/h4H,2-3,8H2,1H3,(H2,7,11). The van der Waals surface area contributed by atoms with Gasteiger partial charge < -0.3 is 11.6 Å². The molecule has 1 heterocycles. The molecule has 72 valence electrons. The average Bonchev–Trinajstić information content (AvgIpc) is 2.61. The first-order valence-electron chi connectivity index (χ1n) is 3.80. The van der Waals surface area contributed by atoms with E-state index in [1.165, 1.54) is 18.1 Å². The van der Waals surface area contributed by atoms with E-state index in [1.807, 2.05) is 6.92 Å². The molecule has 0 aliphatic heterocycles. The fourth-order valence-electron chi connectivity index (χ4n) is 0.840. The van der Waals surface area contributed by atoms with Gasteiger partial charge in [0.25, 0.3) is 0 Å². The summed E-state index contributed by atoms with van der Waals surface area (Å²) in [6.07, 6.45) is 1.52. The summed E-state index contributed by atoms with van der Waals surface area (Å²) in [6.45, 7) is 2.80. The smallest absolute Gasteiger partial charge is 0.177 e. The van der Waals surface area contributed by atoms with Gasteiger partial charge in [-0.3, -0.25) is 0 Å². The van der Waals surface area contributed by atoms with Crippen molar-refractivity contribution in [1.29, 1.82) is 0 Å². The lowest BCUT2D eigenvalue weighted by molar-refractivity contribution is 0.633. The van der Waals surface area contributed by atoms with Crippen LogP contribution in [0, 0.1) is 0 Å². The van der Waals surface area contributed by atoms with E-state index in [9.17, 15) is 0 Å². The highest BCUT2D eigenvalue weighted by Gasteiger charge is 2.03. The molecule has 1 aromatic rings. The van der Waals surface area contributed by atoms with Crippen LogP contribution in [0.5, 0.6) is 0 Å². The molecule has 0 saturated carbocycles. The number of hydrogen-bond donors (Lipinski definition) is 2. The van der Waals surface area contributed by atoms with Gasteiger partial charge in [-0.05, 0) is 6.92 Å². The maximum Gasteiger partial charge on any atom is 0.177 e. The molecule has 0 saturated heterocycles. The van der Waals surface area contributed by atoms with Crippen LogP contribution in [0.3, 0.4) is 0 Å². The summed E-state index contributed by atoms with van der Waals surface area (Å²) in [5.74, 6) is 6.49. The summed E-state index contributed by atoms with van der Waals surface area (Å²) in [5.41, 5.74) is 5.41. The van der Waals surface area contributed by atoms with Crippen molar-refractivity contribution in [3.63, 3.8) is 0 Å². The zero-order valence-electron chi connectivity index (χ0n) is 7.34. The predicted octanol–water partition coefficient (Wildman–Crippen LogP) is -0.280. The van der Waals surface area contributed by atoms with Crippen molar-refractivity contribution in [1.82, 2.24) is 14.8 Å². The Hall–Kier alpha value is -1.24. The molecule has 0 aliphatic carbocycles. The van der Waals surface area contributed by atoms with Gasteiger partial charge in [-0.25, -0.2) is 9.67 Å². The first-order chi connectivity index (χ1) is 6.27. The van der Waals surface area contributed by atoms with Crippen LogP contribution in [0.15, 0.2) is 11.4 Å². The lowest BCUT2D eigenvalue weighted by atomic mass is 10.6. The molecule has 0 amide bonds. The van der Waals surface area contributed by atoms with Gasteiger partial charge in [0.1, 0.15) is 12.2 Å². The summed E-state index contributed by atoms with van der Waals surface area (Å²) < 4.78 is 1.80. The minimum Gasteiger partial charge on any atom is -0.377 e. The van der Waals surface area contributed by atoms with E-state index in [-0.39, 0.29) is 0 Å². The molecule has 13 heavy (non-hydrogen) atoms. The number of rotatable bonds is 3. The van der Waals surface area contributed by atoms with Crippen LogP contribution in [0.25, 0.3) is 0 Å². The average molecular weight is 200 g/mol. The molecule has 4 N–H and O–H groups in total. The van der Waals surface area contributed by atoms with E-state index >= 15 is 0 Å². The van der Waals surface area contributed by atoms with E-state index in [2.05, 4.69) is 15.2 Å². The SMILES string of the molecule is CCn1ncnc1CSC(N)=NN. The molecule has 0 radical (unpaired) electrons. The van der Waals surface area contributed by atoms with Crippen molar-refractivity contribution in [3.8, 4) is 0 Å². The normalized spacial score (nSPS) is 11.9. The second-order valence-electron chi connectivity index (χ2n) is 2.25. The van der Waals surface area contributed by atoms with Gasteiger partial charge in [-0.2, -0.15) is 10.2 Å². The summed E-state index contributed by atoms with van der Waals surface area (Å²) in [6, 6.07) is 0. The molecule has 0 fully saturated rings. The van der Waals surface area contributed by atoms with E-state index in [0.717, 1.165) is 12.4 Å². The number of hydrazone groups is 1. The van der Waals surface area contributed by atoms with Gasteiger partial charge >= 0.3 is 0 Å². The third-order valence-corrected chi connectivity index (χ3v) is 2.28. The highest BCUT2D eigenvalue weighted by Crippen LogP contribution is 2.08. The molecule has 0 bridgehead atoms. The van der Waals surface area contributed by atoms with E-state index in [0.29, 0.717) is 10.9 Å². The molecule has 6 nitrogen and oxygen atoms in total.